The minimum atomic E-state index is -0.248. The molecule has 110 valence electrons. The van der Waals surface area contributed by atoms with E-state index in [2.05, 4.69) is 19.0 Å². The molecule has 0 radical (unpaired) electrons. The topological polar surface area (TPSA) is 32.8 Å². The number of ether oxygens (including phenoxy) is 1. The maximum absolute atomic E-state index is 12.0. The second kappa shape index (κ2) is 6.27. The summed E-state index contributed by atoms with van der Waals surface area (Å²) >= 11 is 0. The molecule has 1 aliphatic rings. The molecule has 0 aliphatic heterocycles. The monoisotopic (exact) mass is 276 g/mol. The fourth-order valence-corrected chi connectivity index (χ4v) is 2.67. The van der Waals surface area contributed by atoms with Gasteiger partial charge in [0.1, 0.15) is 6.61 Å². The van der Waals surface area contributed by atoms with E-state index >= 15 is 0 Å². The molecule has 1 aliphatic carbocycles. The van der Waals surface area contributed by atoms with Crippen LogP contribution >= 0.6 is 0 Å². The van der Waals surface area contributed by atoms with Crippen molar-refractivity contribution >= 4 is 6.09 Å². The van der Waals surface area contributed by atoms with Crippen LogP contribution in [0.25, 0.3) is 0 Å². The molecule has 2 rings (SSSR count). The smallest absolute Gasteiger partial charge is 0.409 e. The summed E-state index contributed by atoms with van der Waals surface area (Å²) in [4.78, 5) is 16.0. The molecule has 1 saturated carbocycles. The largest absolute Gasteiger partial charge is 0.445 e. The molecule has 0 unspecified atom stereocenters. The average Bonchev–Trinajstić information content (AvgIpc) is 2.40. The Bertz CT molecular complexity index is 441. The van der Waals surface area contributed by atoms with E-state index in [1.54, 1.807) is 4.90 Å². The molecular formula is C16H24N2O2. The third-order valence-corrected chi connectivity index (χ3v) is 4.28. The van der Waals surface area contributed by atoms with Gasteiger partial charge in [0.05, 0.1) is 0 Å². The van der Waals surface area contributed by atoms with Crippen LogP contribution in [0.4, 0.5) is 4.79 Å². The lowest BCUT2D eigenvalue weighted by Crippen LogP contribution is -2.57. The van der Waals surface area contributed by atoms with Crippen LogP contribution in [-0.2, 0) is 11.3 Å². The van der Waals surface area contributed by atoms with Gasteiger partial charge in [0.25, 0.3) is 0 Å². The van der Waals surface area contributed by atoms with Crippen LogP contribution < -0.4 is 0 Å². The Kier molecular flexibility index (Phi) is 4.65. The molecule has 20 heavy (non-hydrogen) atoms. The zero-order valence-corrected chi connectivity index (χ0v) is 12.6. The number of likely N-dealkylation sites (N-methyl/N-ethyl adjacent to an activating group) is 2. The highest BCUT2D eigenvalue weighted by atomic mass is 16.6. The van der Waals surface area contributed by atoms with Gasteiger partial charge in [0.15, 0.2) is 0 Å². The average molecular weight is 276 g/mol. The normalized spacial score (nSPS) is 16.6. The van der Waals surface area contributed by atoms with E-state index in [0.717, 1.165) is 24.9 Å². The Hall–Kier alpha value is -1.55. The van der Waals surface area contributed by atoms with Gasteiger partial charge in [-0.2, -0.15) is 0 Å². The van der Waals surface area contributed by atoms with E-state index in [-0.39, 0.29) is 11.6 Å². The van der Waals surface area contributed by atoms with Gasteiger partial charge in [-0.3, -0.25) is 0 Å². The number of hydrogen-bond donors (Lipinski definition) is 0. The summed E-state index contributed by atoms with van der Waals surface area (Å²) < 4.78 is 5.35. The van der Waals surface area contributed by atoms with Crippen LogP contribution in [0, 0.1) is 0 Å². The summed E-state index contributed by atoms with van der Waals surface area (Å²) in [7, 11) is 5.99. The molecule has 0 heterocycles. The van der Waals surface area contributed by atoms with Crippen LogP contribution in [0.2, 0.25) is 0 Å². The molecule has 0 aromatic heterocycles. The molecule has 1 aromatic rings. The van der Waals surface area contributed by atoms with Crippen molar-refractivity contribution in [1.82, 2.24) is 9.80 Å². The first kappa shape index (κ1) is 14.9. The number of hydrogen-bond acceptors (Lipinski definition) is 3. The summed E-state index contributed by atoms with van der Waals surface area (Å²) in [5.74, 6) is 0. The molecule has 0 bridgehead atoms. The van der Waals surface area contributed by atoms with E-state index in [9.17, 15) is 4.79 Å². The van der Waals surface area contributed by atoms with Gasteiger partial charge in [-0.05, 0) is 38.9 Å². The first-order chi connectivity index (χ1) is 9.53. The Balaban J connectivity index is 1.83. The Morgan fingerprint density at radius 3 is 2.35 bits per heavy atom. The molecule has 4 heteroatoms. The first-order valence-corrected chi connectivity index (χ1v) is 7.13. The summed E-state index contributed by atoms with van der Waals surface area (Å²) in [5.41, 5.74) is 1.15. The van der Waals surface area contributed by atoms with Crippen LogP contribution in [0.1, 0.15) is 24.8 Å². The third-order valence-electron chi connectivity index (χ3n) is 4.28. The second-order valence-electron chi connectivity index (χ2n) is 5.87. The lowest BCUT2D eigenvalue weighted by molar-refractivity contribution is 0.0215. The van der Waals surface area contributed by atoms with Crippen molar-refractivity contribution < 1.29 is 9.53 Å². The number of carbonyl (C=O) groups excluding carboxylic acids is 1. The van der Waals surface area contributed by atoms with Crippen molar-refractivity contribution in [1.29, 1.82) is 0 Å². The highest BCUT2D eigenvalue weighted by molar-refractivity contribution is 5.67. The highest BCUT2D eigenvalue weighted by Gasteiger charge is 2.40. The molecule has 1 amide bonds. The molecule has 1 fully saturated rings. The zero-order chi connectivity index (χ0) is 14.6. The third kappa shape index (κ3) is 3.31. The Morgan fingerprint density at radius 2 is 1.85 bits per heavy atom. The van der Waals surface area contributed by atoms with Crippen molar-refractivity contribution in [3.8, 4) is 0 Å². The predicted molar refractivity (Wildman–Crippen MR) is 79.5 cm³/mol. The van der Waals surface area contributed by atoms with E-state index in [4.69, 9.17) is 4.74 Å². The Labute approximate surface area is 121 Å². The maximum Gasteiger partial charge on any atom is 0.409 e. The van der Waals surface area contributed by atoms with Crippen molar-refractivity contribution in [3.63, 3.8) is 0 Å². The van der Waals surface area contributed by atoms with Gasteiger partial charge in [-0.15, -0.1) is 0 Å². The van der Waals surface area contributed by atoms with Crippen molar-refractivity contribution in [2.45, 2.75) is 31.4 Å². The zero-order valence-electron chi connectivity index (χ0n) is 12.6. The summed E-state index contributed by atoms with van der Waals surface area (Å²) in [6.45, 7) is 1.06. The first-order valence-electron chi connectivity index (χ1n) is 7.13. The summed E-state index contributed by atoms with van der Waals surface area (Å²) in [6, 6.07) is 9.76. The Morgan fingerprint density at radius 1 is 1.20 bits per heavy atom. The SMILES string of the molecule is CN(CC1(N(C)C)CCC1)C(=O)OCc1ccccc1. The lowest BCUT2D eigenvalue weighted by atomic mass is 9.75. The van der Waals surface area contributed by atoms with Gasteiger partial charge < -0.3 is 14.5 Å². The van der Waals surface area contributed by atoms with Gasteiger partial charge in [0, 0.05) is 19.1 Å². The minimum absolute atomic E-state index is 0.139. The maximum atomic E-state index is 12.0. The number of benzene rings is 1. The fourth-order valence-electron chi connectivity index (χ4n) is 2.67. The number of nitrogens with zero attached hydrogens (tertiary/aromatic N) is 2. The minimum Gasteiger partial charge on any atom is -0.445 e. The van der Waals surface area contributed by atoms with Crippen molar-refractivity contribution in [3.05, 3.63) is 35.9 Å². The van der Waals surface area contributed by atoms with Gasteiger partial charge >= 0.3 is 6.09 Å². The fraction of sp³-hybridized carbons (Fsp3) is 0.562. The molecule has 4 nitrogen and oxygen atoms in total. The van der Waals surface area contributed by atoms with Crippen LogP contribution in [0.15, 0.2) is 30.3 Å². The van der Waals surface area contributed by atoms with Gasteiger partial charge in [-0.1, -0.05) is 30.3 Å². The van der Waals surface area contributed by atoms with Gasteiger partial charge in [0.2, 0.25) is 0 Å². The van der Waals surface area contributed by atoms with Crippen molar-refractivity contribution in [2.24, 2.45) is 0 Å². The predicted octanol–water partition coefficient (Wildman–Crippen LogP) is 2.74. The van der Waals surface area contributed by atoms with E-state index in [0.29, 0.717) is 6.61 Å². The second-order valence-corrected chi connectivity index (χ2v) is 5.87. The van der Waals surface area contributed by atoms with Crippen LogP contribution in [-0.4, -0.2) is 49.1 Å². The van der Waals surface area contributed by atoms with E-state index < -0.39 is 0 Å². The van der Waals surface area contributed by atoms with E-state index in [1.807, 2.05) is 37.4 Å². The summed E-state index contributed by atoms with van der Waals surface area (Å²) in [6.07, 6.45) is 3.29. The van der Waals surface area contributed by atoms with Crippen LogP contribution in [0.3, 0.4) is 0 Å². The molecular weight excluding hydrogens is 252 g/mol. The summed E-state index contributed by atoms with van der Waals surface area (Å²) in [5, 5.41) is 0. The quantitative estimate of drug-likeness (QED) is 0.829. The molecule has 1 aromatic carbocycles. The molecule has 0 saturated heterocycles. The van der Waals surface area contributed by atoms with Crippen LogP contribution in [0.5, 0.6) is 0 Å². The lowest BCUT2D eigenvalue weighted by Gasteiger charge is -2.48. The van der Waals surface area contributed by atoms with Crippen molar-refractivity contribution in [2.75, 3.05) is 27.7 Å². The number of carbonyl (C=O) groups is 1. The molecule has 0 N–H and O–H groups in total. The van der Waals surface area contributed by atoms with E-state index in [1.165, 1.54) is 6.42 Å². The molecule has 0 spiro atoms. The van der Waals surface area contributed by atoms with Gasteiger partial charge in [-0.25, -0.2) is 4.79 Å². The number of amides is 1. The number of rotatable bonds is 5. The molecule has 0 atom stereocenters. The highest BCUT2D eigenvalue weighted by Crippen LogP contribution is 2.36. The standard InChI is InChI=1S/C16H24N2O2/c1-17(2)16(10-7-11-16)13-18(3)15(19)20-12-14-8-5-4-6-9-14/h4-6,8-9H,7,10-13H2,1-3H3.